The molecule has 114 valence electrons. The molecule has 0 spiro atoms. The van der Waals surface area contributed by atoms with Crippen LogP contribution in [0.5, 0.6) is 0 Å². The van der Waals surface area contributed by atoms with Gasteiger partial charge in [0.25, 0.3) is 0 Å². The Morgan fingerprint density at radius 2 is 1.81 bits per heavy atom. The molecule has 1 aromatic carbocycles. The van der Waals surface area contributed by atoms with Crippen LogP contribution in [0, 0.1) is 0 Å². The van der Waals surface area contributed by atoms with Crippen LogP contribution >= 0.6 is 0 Å². The highest BCUT2D eigenvalue weighted by molar-refractivity contribution is 5.81. The molecule has 1 N–H and O–H groups in total. The maximum absolute atomic E-state index is 11.9. The van der Waals surface area contributed by atoms with Crippen LogP contribution in [0.3, 0.4) is 0 Å². The number of likely N-dealkylation sites (tertiary alicyclic amines) is 1. The zero-order chi connectivity index (χ0) is 14.7. The van der Waals surface area contributed by atoms with Gasteiger partial charge in [0, 0.05) is 6.54 Å². The second-order valence-corrected chi connectivity index (χ2v) is 6.63. The molecule has 2 fully saturated rings. The van der Waals surface area contributed by atoms with E-state index in [0.717, 1.165) is 37.8 Å². The first-order valence-electron chi connectivity index (χ1n) is 8.26. The van der Waals surface area contributed by atoms with E-state index in [9.17, 15) is 9.90 Å². The van der Waals surface area contributed by atoms with Crippen molar-refractivity contribution in [2.24, 2.45) is 0 Å². The molecule has 21 heavy (non-hydrogen) atoms. The number of hydrogen-bond acceptors (Lipinski definition) is 2. The Morgan fingerprint density at radius 1 is 1.10 bits per heavy atom. The number of hydrogen-bond donors (Lipinski definition) is 1. The smallest absolute Gasteiger partial charge is 0.314 e. The van der Waals surface area contributed by atoms with Crippen molar-refractivity contribution in [1.82, 2.24) is 4.90 Å². The number of carbonyl (C=O) groups is 1. The monoisotopic (exact) mass is 287 g/mol. The van der Waals surface area contributed by atoms with E-state index in [1.165, 1.54) is 37.9 Å². The zero-order valence-electron chi connectivity index (χ0n) is 12.7. The third-order valence-electron chi connectivity index (χ3n) is 5.20. The topological polar surface area (TPSA) is 40.5 Å². The van der Waals surface area contributed by atoms with Gasteiger partial charge in [-0.05, 0) is 49.9 Å². The lowest BCUT2D eigenvalue weighted by Crippen LogP contribution is -2.38. The Bertz CT molecular complexity index is 500. The molecule has 2 aliphatic rings. The van der Waals surface area contributed by atoms with Crippen LogP contribution in [0.15, 0.2) is 24.3 Å². The van der Waals surface area contributed by atoms with Gasteiger partial charge in [-0.1, -0.05) is 43.5 Å². The standard InChI is InChI=1S/C18H25NO2/c20-17(21)18(9-2-1-3-10-18)16-8-6-7-15(13-16)14-19-11-4-5-12-19/h6-8,13H,1-5,9-12,14H2,(H,20,21). The molecule has 1 saturated heterocycles. The van der Waals surface area contributed by atoms with E-state index in [1.54, 1.807) is 0 Å². The molecule has 1 heterocycles. The molecule has 0 atom stereocenters. The summed E-state index contributed by atoms with van der Waals surface area (Å²) in [6, 6.07) is 8.35. The van der Waals surface area contributed by atoms with E-state index < -0.39 is 11.4 Å². The largest absolute Gasteiger partial charge is 0.481 e. The highest BCUT2D eigenvalue weighted by Gasteiger charge is 2.41. The summed E-state index contributed by atoms with van der Waals surface area (Å²) in [7, 11) is 0. The maximum Gasteiger partial charge on any atom is 0.314 e. The van der Waals surface area contributed by atoms with Crippen molar-refractivity contribution in [3.63, 3.8) is 0 Å². The minimum Gasteiger partial charge on any atom is -0.481 e. The molecular formula is C18H25NO2. The van der Waals surface area contributed by atoms with Crippen LogP contribution in [0.4, 0.5) is 0 Å². The van der Waals surface area contributed by atoms with Crippen LogP contribution in [0.2, 0.25) is 0 Å². The minimum atomic E-state index is -0.640. The lowest BCUT2D eigenvalue weighted by Gasteiger charge is -2.34. The summed E-state index contributed by atoms with van der Waals surface area (Å²) >= 11 is 0. The molecule has 0 amide bonds. The van der Waals surface area contributed by atoms with Crippen LogP contribution in [0.1, 0.15) is 56.1 Å². The summed E-state index contributed by atoms with van der Waals surface area (Å²) in [4.78, 5) is 14.4. The highest BCUT2D eigenvalue weighted by atomic mass is 16.4. The van der Waals surface area contributed by atoms with Crippen LogP contribution < -0.4 is 0 Å². The van der Waals surface area contributed by atoms with Gasteiger partial charge in [-0.2, -0.15) is 0 Å². The van der Waals surface area contributed by atoms with E-state index in [1.807, 2.05) is 12.1 Å². The quantitative estimate of drug-likeness (QED) is 0.920. The predicted molar refractivity (Wildman–Crippen MR) is 83.4 cm³/mol. The molecule has 3 nitrogen and oxygen atoms in total. The summed E-state index contributed by atoms with van der Waals surface area (Å²) in [6.07, 6.45) is 7.39. The van der Waals surface area contributed by atoms with Crippen molar-refractivity contribution in [3.8, 4) is 0 Å². The maximum atomic E-state index is 11.9. The second kappa shape index (κ2) is 6.18. The van der Waals surface area contributed by atoms with Crippen molar-refractivity contribution in [2.75, 3.05) is 13.1 Å². The van der Waals surface area contributed by atoms with Crippen LogP contribution in [0.25, 0.3) is 0 Å². The van der Waals surface area contributed by atoms with E-state index in [4.69, 9.17) is 0 Å². The fourth-order valence-electron chi connectivity index (χ4n) is 3.95. The Labute approximate surface area is 127 Å². The Hall–Kier alpha value is -1.35. The van der Waals surface area contributed by atoms with Crippen molar-refractivity contribution in [1.29, 1.82) is 0 Å². The first-order chi connectivity index (χ1) is 10.2. The molecule has 3 rings (SSSR count). The number of benzene rings is 1. The van der Waals surface area contributed by atoms with Gasteiger partial charge in [-0.25, -0.2) is 0 Å². The normalized spacial score (nSPS) is 22.3. The van der Waals surface area contributed by atoms with Gasteiger partial charge < -0.3 is 5.11 Å². The fraction of sp³-hybridized carbons (Fsp3) is 0.611. The number of rotatable bonds is 4. The van der Waals surface area contributed by atoms with E-state index >= 15 is 0 Å². The first-order valence-corrected chi connectivity index (χ1v) is 8.26. The van der Waals surface area contributed by atoms with Crippen molar-refractivity contribution in [2.45, 2.75) is 56.9 Å². The van der Waals surface area contributed by atoms with Gasteiger partial charge >= 0.3 is 5.97 Å². The molecule has 1 aliphatic carbocycles. The summed E-state index contributed by atoms with van der Waals surface area (Å²) < 4.78 is 0. The van der Waals surface area contributed by atoms with E-state index in [0.29, 0.717) is 0 Å². The van der Waals surface area contributed by atoms with Gasteiger partial charge in [-0.15, -0.1) is 0 Å². The number of aliphatic carboxylic acids is 1. The number of carboxylic acids is 1. The number of nitrogens with zero attached hydrogens (tertiary/aromatic N) is 1. The molecule has 0 aromatic heterocycles. The van der Waals surface area contributed by atoms with Crippen LogP contribution in [-0.4, -0.2) is 29.1 Å². The lowest BCUT2D eigenvalue weighted by molar-refractivity contribution is -0.145. The summed E-state index contributed by atoms with van der Waals surface area (Å²) in [5.41, 5.74) is 1.64. The van der Waals surface area contributed by atoms with E-state index in [2.05, 4.69) is 17.0 Å². The molecule has 1 saturated carbocycles. The molecule has 1 aromatic rings. The zero-order valence-corrected chi connectivity index (χ0v) is 12.7. The molecular weight excluding hydrogens is 262 g/mol. The first kappa shape index (κ1) is 14.6. The van der Waals surface area contributed by atoms with Crippen molar-refractivity contribution >= 4 is 5.97 Å². The number of carboxylic acid groups (broad SMARTS) is 1. The Balaban J connectivity index is 1.84. The Kier molecular flexibility index (Phi) is 4.29. The summed E-state index contributed by atoms with van der Waals surface area (Å²) in [5.74, 6) is -0.638. The second-order valence-electron chi connectivity index (χ2n) is 6.63. The molecule has 0 radical (unpaired) electrons. The van der Waals surface area contributed by atoms with Gasteiger partial charge in [0.1, 0.15) is 0 Å². The SMILES string of the molecule is O=C(O)C1(c2cccc(CN3CCCC3)c2)CCCCC1. The van der Waals surface area contributed by atoms with E-state index in [-0.39, 0.29) is 0 Å². The van der Waals surface area contributed by atoms with Crippen molar-refractivity contribution < 1.29 is 9.90 Å². The van der Waals surface area contributed by atoms with Gasteiger partial charge in [0.2, 0.25) is 0 Å². The van der Waals surface area contributed by atoms with Gasteiger partial charge in [0.05, 0.1) is 5.41 Å². The lowest BCUT2D eigenvalue weighted by atomic mass is 9.69. The Morgan fingerprint density at radius 3 is 2.48 bits per heavy atom. The minimum absolute atomic E-state index is 0.638. The average molecular weight is 287 g/mol. The van der Waals surface area contributed by atoms with Crippen LogP contribution in [-0.2, 0) is 16.8 Å². The summed E-state index contributed by atoms with van der Waals surface area (Å²) in [5, 5.41) is 9.81. The average Bonchev–Trinajstić information content (AvgIpc) is 3.01. The summed E-state index contributed by atoms with van der Waals surface area (Å²) in [6.45, 7) is 3.31. The van der Waals surface area contributed by atoms with Gasteiger partial charge in [-0.3, -0.25) is 9.69 Å². The molecule has 3 heteroatoms. The van der Waals surface area contributed by atoms with Crippen molar-refractivity contribution in [3.05, 3.63) is 35.4 Å². The van der Waals surface area contributed by atoms with Gasteiger partial charge in [0.15, 0.2) is 0 Å². The predicted octanol–water partition coefficient (Wildman–Crippen LogP) is 3.57. The highest BCUT2D eigenvalue weighted by Crippen LogP contribution is 2.40. The molecule has 0 unspecified atom stereocenters. The third-order valence-corrected chi connectivity index (χ3v) is 5.20. The third kappa shape index (κ3) is 2.98. The molecule has 1 aliphatic heterocycles. The molecule has 0 bridgehead atoms. The fourth-order valence-corrected chi connectivity index (χ4v) is 3.95.